The zero-order valence-electron chi connectivity index (χ0n) is 11.3. The zero-order chi connectivity index (χ0) is 14.1. The molecule has 0 atom stereocenters. The van der Waals surface area contributed by atoms with E-state index in [1.807, 2.05) is 0 Å². The third-order valence-electron chi connectivity index (χ3n) is 2.55. The predicted octanol–water partition coefficient (Wildman–Crippen LogP) is 2.37. The van der Waals surface area contributed by atoms with E-state index in [0.29, 0.717) is 12.4 Å². The summed E-state index contributed by atoms with van der Waals surface area (Å²) in [7, 11) is 1.47. The second-order valence-corrected chi connectivity index (χ2v) is 4.04. The van der Waals surface area contributed by atoms with Gasteiger partial charge in [0.05, 0.1) is 24.7 Å². The van der Waals surface area contributed by atoms with Gasteiger partial charge in [-0.3, -0.25) is 10.1 Å². The molecule has 0 bridgehead atoms. The van der Waals surface area contributed by atoms with Crippen LogP contribution in [0.1, 0.15) is 19.8 Å². The molecule has 0 aliphatic heterocycles. The van der Waals surface area contributed by atoms with Crippen LogP contribution < -0.4 is 14.8 Å². The fourth-order valence-corrected chi connectivity index (χ4v) is 1.57. The lowest BCUT2D eigenvalue weighted by molar-refractivity contribution is -0.385. The van der Waals surface area contributed by atoms with E-state index in [4.69, 9.17) is 9.47 Å². The first-order valence-electron chi connectivity index (χ1n) is 6.35. The highest BCUT2D eigenvalue weighted by Gasteiger charge is 2.16. The summed E-state index contributed by atoms with van der Waals surface area (Å²) < 4.78 is 10.4. The smallest absolute Gasteiger partial charge is 0.314 e. The fourth-order valence-electron chi connectivity index (χ4n) is 1.57. The van der Waals surface area contributed by atoms with Gasteiger partial charge in [0.1, 0.15) is 5.75 Å². The quantitative estimate of drug-likeness (QED) is 0.423. The Hall–Kier alpha value is -1.82. The van der Waals surface area contributed by atoms with Crippen molar-refractivity contribution >= 4 is 5.69 Å². The van der Waals surface area contributed by atoms with Gasteiger partial charge in [0, 0.05) is 0 Å². The van der Waals surface area contributed by atoms with Gasteiger partial charge in [0.2, 0.25) is 0 Å². The molecule has 0 saturated heterocycles. The normalized spacial score (nSPS) is 10.2. The number of nitro groups is 1. The van der Waals surface area contributed by atoms with Gasteiger partial charge in [-0.15, -0.1) is 0 Å². The van der Waals surface area contributed by atoms with Gasteiger partial charge in [-0.2, -0.15) is 0 Å². The molecule has 0 amide bonds. The van der Waals surface area contributed by atoms with Crippen molar-refractivity contribution in [3.63, 3.8) is 0 Å². The molecule has 0 heterocycles. The molecule has 1 aromatic rings. The summed E-state index contributed by atoms with van der Waals surface area (Å²) in [6, 6.07) is 4.58. The molecule has 1 aromatic carbocycles. The van der Waals surface area contributed by atoms with Crippen molar-refractivity contribution in [2.24, 2.45) is 0 Å². The number of hydrogen-bond donors (Lipinski definition) is 1. The van der Waals surface area contributed by atoms with Crippen LogP contribution in [0.5, 0.6) is 11.5 Å². The Labute approximate surface area is 112 Å². The maximum absolute atomic E-state index is 10.9. The Balaban J connectivity index is 2.50. The first kappa shape index (κ1) is 15.2. The summed E-state index contributed by atoms with van der Waals surface area (Å²) in [5.74, 6) is 0.727. The fraction of sp³-hybridized carbons (Fsp3) is 0.538. The monoisotopic (exact) mass is 268 g/mol. The molecular formula is C13H20N2O4. The maximum Gasteiger partial charge on any atom is 0.314 e. The summed E-state index contributed by atoms with van der Waals surface area (Å²) in [6.45, 7) is 4.37. The summed E-state index contributed by atoms with van der Waals surface area (Å²) in [5, 5.41) is 14.2. The average Bonchev–Trinajstić information content (AvgIpc) is 2.42. The number of hydrogen-bond acceptors (Lipinski definition) is 5. The van der Waals surface area contributed by atoms with Crippen LogP contribution in [-0.2, 0) is 0 Å². The van der Waals surface area contributed by atoms with Crippen LogP contribution in [0.3, 0.4) is 0 Å². The summed E-state index contributed by atoms with van der Waals surface area (Å²) in [6.07, 6.45) is 1.90. The van der Waals surface area contributed by atoms with Crippen molar-refractivity contribution in [1.82, 2.24) is 5.32 Å². The highest BCUT2D eigenvalue weighted by molar-refractivity contribution is 5.50. The van der Waals surface area contributed by atoms with E-state index in [2.05, 4.69) is 12.2 Å². The van der Waals surface area contributed by atoms with E-state index in [-0.39, 0.29) is 11.4 Å². The van der Waals surface area contributed by atoms with Crippen LogP contribution in [0.25, 0.3) is 0 Å². The first-order valence-corrected chi connectivity index (χ1v) is 6.35. The van der Waals surface area contributed by atoms with Gasteiger partial charge < -0.3 is 14.8 Å². The number of nitro benzene ring substituents is 1. The second kappa shape index (κ2) is 8.31. The number of benzene rings is 1. The molecule has 0 aliphatic rings. The number of ether oxygens (including phenoxy) is 2. The second-order valence-electron chi connectivity index (χ2n) is 4.04. The summed E-state index contributed by atoms with van der Waals surface area (Å²) >= 11 is 0. The SMILES string of the molecule is CCCNCCCOc1ccc(OC)cc1[N+](=O)[O-]. The molecule has 19 heavy (non-hydrogen) atoms. The van der Waals surface area contributed by atoms with Crippen molar-refractivity contribution in [3.8, 4) is 11.5 Å². The highest BCUT2D eigenvalue weighted by atomic mass is 16.6. The van der Waals surface area contributed by atoms with E-state index < -0.39 is 4.92 Å². The van der Waals surface area contributed by atoms with Gasteiger partial charge in [-0.05, 0) is 38.1 Å². The zero-order valence-corrected chi connectivity index (χ0v) is 11.3. The third-order valence-corrected chi connectivity index (χ3v) is 2.55. The lowest BCUT2D eigenvalue weighted by Gasteiger charge is -2.08. The molecule has 1 rings (SSSR count). The Bertz CT molecular complexity index is 410. The van der Waals surface area contributed by atoms with Gasteiger partial charge in [-0.25, -0.2) is 0 Å². The first-order chi connectivity index (χ1) is 9.19. The molecular weight excluding hydrogens is 248 g/mol. The largest absolute Gasteiger partial charge is 0.496 e. The minimum absolute atomic E-state index is 0.0686. The number of methoxy groups -OCH3 is 1. The molecule has 6 nitrogen and oxygen atoms in total. The van der Waals surface area contributed by atoms with E-state index in [9.17, 15) is 10.1 Å². The van der Waals surface area contributed by atoms with Gasteiger partial charge >= 0.3 is 5.69 Å². The van der Waals surface area contributed by atoms with Crippen molar-refractivity contribution in [1.29, 1.82) is 0 Å². The summed E-state index contributed by atoms with van der Waals surface area (Å²) in [4.78, 5) is 10.5. The molecule has 6 heteroatoms. The molecule has 0 radical (unpaired) electrons. The van der Waals surface area contributed by atoms with E-state index in [0.717, 1.165) is 25.9 Å². The molecule has 0 unspecified atom stereocenters. The topological polar surface area (TPSA) is 73.6 Å². The van der Waals surface area contributed by atoms with Crippen molar-refractivity contribution in [2.75, 3.05) is 26.8 Å². The van der Waals surface area contributed by atoms with Gasteiger partial charge in [-0.1, -0.05) is 6.92 Å². The molecule has 0 aromatic heterocycles. The predicted molar refractivity (Wildman–Crippen MR) is 72.9 cm³/mol. The lowest BCUT2D eigenvalue weighted by Crippen LogP contribution is -2.18. The van der Waals surface area contributed by atoms with E-state index in [1.54, 1.807) is 12.1 Å². The molecule has 0 fully saturated rings. The van der Waals surface area contributed by atoms with Crippen LogP contribution in [0.2, 0.25) is 0 Å². The minimum Gasteiger partial charge on any atom is -0.496 e. The van der Waals surface area contributed by atoms with Crippen LogP contribution in [0.4, 0.5) is 5.69 Å². The van der Waals surface area contributed by atoms with E-state index in [1.165, 1.54) is 13.2 Å². The lowest BCUT2D eigenvalue weighted by atomic mass is 10.3. The maximum atomic E-state index is 10.9. The van der Waals surface area contributed by atoms with Crippen molar-refractivity contribution in [2.45, 2.75) is 19.8 Å². The minimum atomic E-state index is -0.465. The Morgan fingerprint density at radius 1 is 1.37 bits per heavy atom. The number of nitrogens with one attached hydrogen (secondary N) is 1. The summed E-state index contributed by atoms with van der Waals surface area (Å²) in [5.41, 5.74) is -0.0686. The molecule has 106 valence electrons. The Morgan fingerprint density at radius 3 is 2.79 bits per heavy atom. The van der Waals surface area contributed by atoms with Gasteiger partial charge in [0.25, 0.3) is 0 Å². The molecule has 0 saturated carbocycles. The Kier molecular flexibility index (Phi) is 6.67. The van der Waals surface area contributed by atoms with Crippen molar-refractivity contribution < 1.29 is 14.4 Å². The highest BCUT2D eigenvalue weighted by Crippen LogP contribution is 2.30. The average molecular weight is 268 g/mol. The van der Waals surface area contributed by atoms with Crippen LogP contribution in [0.15, 0.2) is 18.2 Å². The number of rotatable bonds is 9. The standard InChI is InChI=1S/C13H20N2O4/c1-3-7-14-8-4-9-19-13-6-5-11(18-2)10-12(13)15(16)17/h5-6,10,14H,3-4,7-9H2,1-2H3. The Morgan fingerprint density at radius 2 is 2.16 bits per heavy atom. The van der Waals surface area contributed by atoms with Crippen molar-refractivity contribution in [3.05, 3.63) is 28.3 Å². The molecule has 0 aliphatic carbocycles. The molecule has 0 spiro atoms. The molecule has 1 N–H and O–H groups in total. The third kappa shape index (κ3) is 5.13. The van der Waals surface area contributed by atoms with Crippen LogP contribution in [0, 0.1) is 10.1 Å². The van der Waals surface area contributed by atoms with E-state index >= 15 is 0 Å². The van der Waals surface area contributed by atoms with Gasteiger partial charge in [0.15, 0.2) is 5.75 Å². The van der Waals surface area contributed by atoms with Crippen LogP contribution >= 0.6 is 0 Å². The number of nitrogens with zero attached hydrogens (tertiary/aromatic N) is 1. The van der Waals surface area contributed by atoms with Crippen LogP contribution in [-0.4, -0.2) is 31.7 Å².